The van der Waals surface area contributed by atoms with E-state index in [2.05, 4.69) is 20.8 Å². The summed E-state index contributed by atoms with van der Waals surface area (Å²) < 4.78 is 0. The van der Waals surface area contributed by atoms with Gasteiger partial charge in [-0.25, -0.2) is 9.78 Å². The average molecular weight is 474 g/mol. The van der Waals surface area contributed by atoms with Crippen LogP contribution in [0.3, 0.4) is 0 Å². The van der Waals surface area contributed by atoms with Crippen molar-refractivity contribution < 1.29 is 29.1 Å². The number of hydrogen-bond acceptors (Lipinski definition) is 9. The van der Waals surface area contributed by atoms with Crippen LogP contribution in [0.5, 0.6) is 0 Å². The van der Waals surface area contributed by atoms with E-state index in [1.165, 1.54) is 17.1 Å². The number of carboxylic acid groups (broad SMARTS) is 1. The molecule has 11 nitrogen and oxygen atoms in total. The van der Waals surface area contributed by atoms with E-state index >= 15 is 0 Å². The Morgan fingerprint density at radius 1 is 1.53 bits per heavy atom. The summed E-state index contributed by atoms with van der Waals surface area (Å²) in [6.07, 6.45) is 1.11. The molecule has 3 amide bonds. The molecule has 160 valence electrons. The number of aliphatic carboxylic acids is 1. The molecule has 0 aromatic carbocycles. The lowest BCUT2D eigenvalue weighted by molar-refractivity contribution is -0.150. The molecule has 1 fully saturated rings. The number of fused-ring (bicyclic) bond motifs is 1. The molecular formula is C16H16ClN5O6S2. The largest absolute Gasteiger partial charge is 0.477 e. The fourth-order valence-electron chi connectivity index (χ4n) is 2.70. The van der Waals surface area contributed by atoms with Gasteiger partial charge in [0.05, 0.1) is 5.03 Å². The Kier molecular flexibility index (Phi) is 6.95. The van der Waals surface area contributed by atoms with Crippen LogP contribution in [0.25, 0.3) is 0 Å². The zero-order chi connectivity index (χ0) is 21.8. The first kappa shape index (κ1) is 22.1. The van der Waals surface area contributed by atoms with E-state index in [0.29, 0.717) is 12.8 Å². The van der Waals surface area contributed by atoms with Gasteiger partial charge in [-0.2, -0.15) is 0 Å². The number of nitrogens with zero attached hydrogens (tertiary/aromatic N) is 3. The summed E-state index contributed by atoms with van der Waals surface area (Å²) in [6.45, 7) is 2.13. The first-order valence-corrected chi connectivity index (χ1v) is 10.9. The van der Waals surface area contributed by atoms with Crippen LogP contribution in [0.4, 0.5) is 5.13 Å². The normalized spacial score (nSPS) is 20.9. The second-order valence-corrected chi connectivity index (χ2v) is 8.41. The molecule has 2 aliphatic rings. The number of aromatic nitrogens is 1. The summed E-state index contributed by atoms with van der Waals surface area (Å²) in [5.74, 6) is -2.41. The van der Waals surface area contributed by atoms with Gasteiger partial charge in [0.15, 0.2) is 10.8 Å². The third-order valence-corrected chi connectivity index (χ3v) is 6.53. The highest BCUT2D eigenvalue weighted by Gasteiger charge is 2.54. The number of thioether (sulfide) groups is 1. The Morgan fingerprint density at radius 3 is 2.97 bits per heavy atom. The van der Waals surface area contributed by atoms with E-state index in [1.54, 1.807) is 0 Å². The SMILES string of the molecule is CCCON=C(C(=O)NC1C(=O)N2C(C(=O)O)=C(Cl)CS[C@@H]12)c1csc(NC=O)n1. The Hall–Kier alpha value is -2.64. The summed E-state index contributed by atoms with van der Waals surface area (Å²) >= 11 is 8.27. The number of nitrogens with one attached hydrogen (secondary N) is 2. The summed E-state index contributed by atoms with van der Waals surface area (Å²) in [4.78, 5) is 57.6. The smallest absolute Gasteiger partial charge is 0.353 e. The Bertz CT molecular complexity index is 948. The monoisotopic (exact) mass is 473 g/mol. The van der Waals surface area contributed by atoms with E-state index in [4.69, 9.17) is 16.4 Å². The van der Waals surface area contributed by atoms with Crippen molar-refractivity contribution in [1.29, 1.82) is 0 Å². The lowest BCUT2D eigenvalue weighted by atomic mass is 10.0. The van der Waals surface area contributed by atoms with Crippen molar-refractivity contribution >= 4 is 69.7 Å². The lowest BCUT2D eigenvalue weighted by Crippen LogP contribution is -2.71. The van der Waals surface area contributed by atoms with E-state index < -0.39 is 29.2 Å². The molecule has 3 N–H and O–H groups in total. The summed E-state index contributed by atoms with van der Waals surface area (Å²) in [7, 11) is 0. The van der Waals surface area contributed by atoms with Crippen molar-refractivity contribution in [3.8, 4) is 0 Å². The number of anilines is 1. The minimum absolute atomic E-state index is 0.0646. The number of hydrogen-bond donors (Lipinski definition) is 3. The molecule has 1 saturated heterocycles. The zero-order valence-corrected chi connectivity index (χ0v) is 17.8. The van der Waals surface area contributed by atoms with Gasteiger partial charge in [-0.15, -0.1) is 23.1 Å². The van der Waals surface area contributed by atoms with Crippen LogP contribution < -0.4 is 10.6 Å². The van der Waals surface area contributed by atoms with Gasteiger partial charge in [0.2, 0.25) is 6.41 Å². The molecule has 0 saturated carbocycles. The second-order valence-electron chi connectivity index (χ2n) is 5.99. The van der Waals surface area contributed by atoms with Crippen LogP contribution in [0.15, 0.2) is 21.3 Å². The molecule has 1 aromatic rings. The lowest BCUT2D eigenvalue weighted by Gasteiger charge is -2.48. The highest BCUT2D eigenvalue weighted by atomic mass is 35.5. The zero-order valence-electron chi connectivity index (χ0n) is 15.5. The molecule has 3 rings (SSSR count). The van der Waals surface area contributed by atoms with Crippen LogP contribution in [0, 0.1) is 0 Å². The topological polar surface area (TPSA) is 150 Å². The Morgan fingerprint density at radius 2 is 2.30 bits per heavy atom. The van der Waals surface area contributed by atoms with Crippen LogP contribution in [0.1, 0.15) is 19.0 Å². The predicted molar refractivity (Wildman–Crippen MR) is 110 cm³/mol. The van der Waals surface area contributed by atoms with Crippen molar-refractivity contribution in [2.75, 3.05) is 17.7 Å². The molecule has 1 aromatic heterocycles. The molecule has 0 spiro atoms. The Labute approximate surface area is 183 Å². The van der Waals surface area contributed by atoms with Crippen molar-refractivity contribution in [3.63, 3.8) is 0 Å². The maximum absolute atomic E-state index is 12.8. The minimum atomic E-state index is -1.31. The number of rotatable bonds is 9. The van der Waals surface area contributed by atoms with Crippen LogP contribution in [-0.2, 0) is 24.0 Å². The van der Waals surface area contributed by atoms with Crippen LogP contribution >= 0.6 is 34.7 Å². The first-order valence-electron chi connectivity index (χ1n) is 8.62. The molecule has 2 atom stereocenters. The molecule has 0 aliphatic carbocycles. The quantitative estimate of drug-likeness (QED) is 0.156. The molecule has 0 radical (unpaired) electrons. The maximum Gasteiger partial charge on any atom is 0.353 e. The number of thiazole rings is 1. The van der Waals surface area contributed by atoms with Crippen LogP contribution in [-0.4, -0.2) is 68.7 Å². The average Bonchev–Trinajstić information content (AvgIpc) is 3.17. The summed E-state index contributed by atoms with van der Waals surface area (Å²) in [6, 6.07) is -0.954. The van der Waals surface area contributed by atoms with Gasteiger partial charge in [-0.05, 0) is 6.42 Å². The number of carboxylic acids is 1. The molecule has 30 heavy (non-hydrogen) atoms. The number of β-lactam (4-membered cyclic amide) rings is 1. The summed E-state index contributed by atoms with van der Waals surface area (Å²) in [5, 5.41) is 19.3. The number of oxime groups is 1. The third-order valence-electron chi connectivity index (χ3n) is 4.01. The van der Waals surface area contributed by atoms with Gasteiger partial charge in [-0.3, -0.25) is 19.3 Å². The number of amides is 3. The van der Waals surface area contributed by atoms with Crippen molar-refractivity contribution in [2.45, 2.75) is 24.8 Å². The van der Waals surface area contributed by atoms with Gasteiger partial charge >= 0.3 is 5.97 Å². The van der Waals surface area contributed by atoms with E-state index in [9.17, 15) is 24.3 Å². The molecular weight excluding hydrogens is 458 g/mol. The van der Waals surface area contributed by atoms with E-state index in [-0.39, 0.29) is 39.6 Å². The number of halogens is 1. The summed E-state index contributed by atoms with van der Waals surface area (Å²) in [5.41, 5.74) is -0.287. The van der Waals surface area contributed by atoms with Gasteiger partial charge in [-0.1, -0.05) is 23.7 Å². The van der Waals surface area contributed by atoms with Gasteiger partial charge in [0.1, 0.15) is 29.4 Å². The van der Waals surface area contributed by atoms with Gasteiger partial charge < -0.3 is 20.6 Å². The van der Waals surface area contributed by atoms with Crippen molar-refractivity contribution in [1.82, 2.24) is 15.2 Å². The third kappa shape index (κ3) is 4.27. The fraction of sp³-hybridized carbons (Fsp3) is 0.375. The van der Waals surface area contributed by atoms with Crippen LogP contribution in [0.2, 0.25) is 0 Å². The molecule has 1 unspecified atom stereocenters. The van der Waals surface area contributed by atoms with Crippen molar-refractivity contribution in [3.05, 3.63) is 21.8 Å². The molecule has 14 heteroatoms. The standard InChI is InChI=1S/C16H16ClN5O6S2/c1-2-3-28-21-9(8-5-30-16(19-8)18-6-23)12(24)20-10-13(25)22-11(15(26)27)7(17)4-29-14(10)22/h5-6,10,14H,2-4H2,1H3,(H,20,24)(H,26,27)(H,18,19,23)/t10?,14-/m0/s1. The second kappa shape index (κ2) is 9.45. The van der Waals surface area contributed by atoms with Crippen molar-refractivity contribution in [2.24, 2.45) is 5.16 Å². The molecule has 2 aliphatic heterocycles. The number of carbonyl (C=O) groups is 4. The molecule has 3 heterocycles. The molecule has 0 bridgehead atoms. The minimum Gasteiger partial charge on any atom is -0.477 e. The van der Waals surface area contributed by atoms with E-state index in [0.717, 1.165) is 16.2 Å². The maximum atomic E-state index is 12.8. The van der Waals surface area contributed by atoms with E-state index in [1.807, 2.05) is 6.92 Å². The fourth-order valence-corrected chi connectivity index (χ4v) is 4.90. The highest BCUT2D eigenvalue weighted by Crippen LogP contribution is 2.41. The predicted octanol–water partition coefficient (Wildman–Crippen LogP) is 0.777. The van der Waals surface area contributed by atoms with Gasteiger partial charge in [0.25, 0.3) is 11.8 Å². The Balaban J connectivity index is 1.78. The first-order chi connectivity index (χ1) is 14.4. The highest BCUT2D eigenvalue weighted by molar-refractivity contribution is 8.00. The number of carbonyl (C=O) groups excluding carboxylic acids is 3. The van der Waals surface area contributed by atoms with Gasteiger partial charge in [0, 0.05) is 11.1 Å².